The molecular formula is C20H20N4O5S2. The van der Waals surface area contributed by atoms with E-state index < -0.39 is 22.0 Å². The molecule has 9 nitrogen and oxygen atoms in total. The molecule has 0 saturated carbocycles. The van der Waals surface area contributed by atoms with Gasteiger partial charge in [-0.05, 0) is 48.9 Å². The molecule has 11 heteroatoms. The number of rotatable bonds is 5. The van der Waals surface area contributed by atoms with Crippen LogP contribution in [0.2, 0.25) is 0 Å². The summed E-state index contributed by atoms with van der Waals surface area (Å²) in [6.07, 6.45) is 0.0731. The number of hydrogen-bond donors (Lipinski definition) is 1. The number of methoxy groups -OCH3 is 1. The van der Waals surface area contributed by atoms with E-state index in [-0.39, 0.29) is 6.54 Å². The van der Waals surface area contributed by atoms with Gasteiger partial charge in [0.1, 0.15) is 16.5 Å². The molecule has 162 valence electrons. The minimum Gasteiger partial charge on any atom is -0.497 e. The van der Waals surface area contributed by atoms with E-state index in [0.29, 0.717) is 21.6 Å². The van der Waals surface area contributed by atoms with E-state index in [1.54, 1.807) is 25.3 Å². The summed E-state index contributed by atoms with van der Waals surface area (Å²) in [5.74, 6) is 0.554. The lowest BCUT2D eigenvalue weighted by Gasteiger charge is -2.34. The van der Waals surface area contributed by atoms with Gasteiger partial charge in [0.25, 0.3) is 5.91 Å². The average molecular weight is 461 g/mol. The van der Waals surface area contributed by atoms with Gasteiger partial charge in [0.2, 0.25) is 15.2 Å². The van der Waals surface area contributed by atoms with Crippen LogP contribution < -0.4 is 19.1 Å². The maximum absolute atomic E-state index is 12.8. The fraction of sp³-hybridized carbons (Fsp3) is 0.250. The first-order valence-corrected chi connectivity index (χ1v) is 11.9. The summed E-state index contributed by atoms with van der Waals surface area (Å²) in [7, 11) is -2.01. The van der Waals surface area contributed by atoms with E-state index in [1.165, 1.54) is 15.6 Å². The van der Waals surface area contributed by atoms with E-state index in [9.17, 15) is 13.2 Å². The van der Waals surface area contributed by atoms with Crippen LogP contribution in [0.3, 0.4) is 0 Å². The summed E-state index contributed by atoms with van der Waals surface area (Å²) >= 11 is 1.20. The number of nitrogens with zero attached hydrogens (tertiary/aromatic N) is 3. The number of carbonyl (C=O) groups excluding carboxylic acids is 1. The van der Waals surface area contributed by atoms with Gasteiger partial charge in [-0.1, -0.05) is 17.4 Å². The van der Waals surface area contributed by atoms with Crippen LogP contribution in [0.5, 0.6) is 11.5 Å². The summed E-state index contributed by atoms with van der Waals surface area (Å²) in [6, 6.07) is 12.5. The highest BCUT2D eigenvalue weighted by atomic mass is 32.2. The fourth-order valence-corrected chi connectivity index (χ4v) is 4.78. The SMILES string of the molecule is COc1ccc(-c2nnc(NC(=O)C3CN(S(C)(=O)=O)c4cc(C)ccc4O3)s2)cc1. The molecular weight excluding hydrogens is 440 g/mol. The van der Waals surface area contributed by atoms with Gasteiger partial charge in [0, 0.05) is 5.56 Å². The number of carbonyl (C=O) groups is 1. The second-order valence-corrected chi connectivity index (χ2v) is 9.89. The van der Waals surface area contributed by atoms with Crippen LogP contribution in [-0.4, -0.2) is 50.5 Å². The molecule has 0 bridgehead atoms. The van der Waals surface area contributed by atoms with Gasteiger partial charge in [-0.2, -0.15) is 0 Å². The standard InChI is InChI=1S/C20H20N4O5S2/c1-12-4-9-16-15(10-12)24(31(3,26)27)11-17(29-16)18(25)21-20-23-22-19(30-20)13-5-7-14(28-2)8-6-13/h4-10,17H,11H2,1-3H3,(H,21,23,25). The topological polar surface area (TPSA) is 111 Å². The van der Waals surface area contributed by atoms with Gasteiger partial charge < -0.3 is 9.47 Å². The second-order valence-electron chi connectivity index (χ2n) is 7.00. The summed E-state index contributed by atoms with van der Waals surface area (Å²) in [5.41, 5.74) is 2.14. The summed E-state index contributed by atoms with van der Waals surface area (Å²) < 4.78 is 36.7. The first kappa shape index (κ1) is 21.1. The first-order chi connectivity index (χ1) is 14.7. The Bertz CT molecular complexity index is 1220. The molecule has 1 N–H and O–H groups in total. The van der Waals surface area contributed by atoms with E-state index in [0.717, 1.165) is 23.1 Å². The third-order valence-electron chi connectivity index (χ3n) is 4.67. The van der Waals surface area contributed by atoms with Gasteiger partial charge in [-0.3, -0.25) is 14.4 Å². The number of aryl methyl sites for hydroxylation is 1. The predicted molar refractivity (Wildman–Crippen MR) is 118 cm³/mol. The van der Waals surface area contributed by atoms with Crippen molar-refractivity contribution in [2.24, 2.45) is 0 Å². The number of nitrogens with one attached hydrogen (secondary N) is 1. The van der Waals surface area contributed by atoms with Gasteiger partial charge in [0.05, 0.1) is 25.6 Å². The van der Waals surface area contributed by atoms with Crippen molar-refractivity contribution in [2.45, 2.75) is 13.0 Å². The maximum Gasteiger partial charge on any atom is 0.269 e. The van der Waals surface area contributed by atoms with Crippen molar-refractivity contribution in [1.29, 1.82) is 0 Å². The highest BCUT2D eigenvalue weighted by Gasteiger charge is 2.35. The van der Waals surface area contributed by atoms with E-state index in [1.807, 2.05) is 31.2 Å². The molecule has 0 spiro atoms. The number of aromatic nitrogens is 2. The zero-order valence-corrected chi connectivity index (χ0v) is 18.7. The van der Waals surface area contributed by atoms with E-state index in [4.69, 9.17) is 9.47 Å². The molecule has 0 aliphatic carbocycles. The van der Waals surface area contributed by atoms with Crippen molar-refractivity contribution in [1.82, 2.24) is 10.2 Å². The van der Waals surface area contributed by atoms with Crippen molar-refractivity contribution in [3.05, 3.63) is 48.0 Å². The molecule has 0 fully saturated rings. The Balaban J connectivity index is 1.52. The molecule has 0 radical (unpaired) electrons. The molecule has 1 unspecified atom stereocenters. The Kier molecular flexibility index (Phi) is 5.54. The molecule has 1 amide bonds. The number of anilines is 2. The van der Waals surface area contributed by atoms with Crippen molar-refractivity contribution >= 4 is 38.1 Å². The van der Waals surface area contributed by atoms with Gasteiger partial charge in [0.15, 0.2) is 6.10 Å². The number of amides is 1. The highest BCUT2D eigenvalue weighted by Crippen LogP contribution is 2.36. The normalized spacial score (nSPS) is 15.7. The van der Waals surface area contributed by atoms with Crippen molar-refractivity contribution in [3.63, 3.8) is 0 Å². The van der Waals surface area contributed by atoms with Crippen molar-refractivity contribution < 1.29 is 22.7 Å². The van der Waals surface area contributed by atoms with Gasteiger partial charge >= 0.3 is 0 Å². The minimum atomic E-state index is -3.60. The molecule has 1 aliphatic heterocycles. The maximum atomic E-state index is 12.8. The van der Waals surface area contributed by atoms with Gasteiger partial charge in [-0.15, -0.1) is 10.2 Å². The number of benzene rings is 2. The van der Waals surface area contributed by atoms with Crippen LogP contribution in [0.25, 0.3) is 10.6 Å². The Morgan fingerprint density at radius 2 is 1.97 bits per heavy atom. The quantitative estimate of drug-likeness (QED) is 0.623. The lowest BCUT2D eigenvalue weighted by molar-refractivity contribution is -0.122. The monoisotopic (exact) mass is 460 g/mol. The van der Waals surface area contributed by atoms with Crippen LogP contribution in [0.15, 0.2) is 42.5 Å². The van der Waals surface area contributed by atoms with Crippen molar-refractivity contribution in [2.75, 3.05) is 29.5 Å². The molecule has 1 atom stereocenters. The third-order valence-corrected chi connectivity index (χ3v) is 6.70. The zero-order chi connectivity index (χ0) is 22.2. The second kappa shape index (κ2) is 8.16. The Morgan fingerprint density at radius 3 is 2.65 bits per heavy atom. The first-order valence-electron chi connectivity index (χ1n) is 9.28. The molecule has 1 aliphatic rings. The molecule has 2 aromatic carbocycles. The summed E-state index contributed by atoms with van der Waals surface area (Å²) in [5, 5.41) is 11.7. The molecule has 3 aromatic rings. The number of sulfonamides is 1. The average Bonchev–Trinajstić information content (AvgIpc) is 3.20. The zero-order valence-electron chi connectivity index (χ0n) is 17.0. The lowest BCUT2D eigenvalue weighted by atomic mass is 10.1. The van der Waals surface area contributed by atoms with Crippen LogP contribution in [0, 0.1) is 6.92 Å². The Hall–Kier alpha value is -3.18. The van der Waals surface area contributed by atoms with Crippen LogP contribution >= 0.6 is 11.3 Å². The van der Waals surface area contributed by atoms with Crippen LogP contribution in [-0.2, 0) is 14.8 Å². The van der Waals surface area contributed by atoms with Gasteiger partial charge in [-0.25, -0.2) is 8.42 Å². The van der Waals surface area contributed by atoms with E-state index >= 15 is 0 Å². The van der Waals surface area contributed by atoms with Crippen LogP contribution in [0.4, 0.5) is 10.8 Å². The smallest absolute Gasteiger partial charge is 0.269 e. The largest absolute Gasteiger partial charge is 0.497 e. The molecule has 2 heterocycles. The molecule has 1 aromatic heterocycles. The Labute approximate surface area is 183 Å². The Morgan fingerprint density at radius 1 is 1.23 bits per heavy atom. The molecule has 31 heavy (non-hydrogen) atoms. The molecule has 0 saturated heterocycles. The lowest BCUT2D eigenvalue weighted by Crippen LogP contribution is -2.48. The van der Waals surface area contributed by atoms with Crippen LogP contribution in [0.1, 0.15) is 5.56 Å². The predicted octanol–water partition coefficient (Wildman–Crippen LogP) is 2.69. The summed E-state index contributed by atoms with van der Waals surface area (Å²) in [4.78, 5) is 12.8. The number of ether oxygens (including phenoxy) is 2. The fourth-order valence-electron chi connectivity index (χ4n) is 3.12. The van der Waals surface area contributed by atoms with Crippen molar-refractivity contribution in [3.8, 4) is 22.1 Å². The third kappa shape index (κ3) is 4.47. The minimum absolute atomic E-state index is 0.134. The summed E-state index contributed by atoms with van der Waals surface area (Å²) in [6.45, 7) is 1.72. The highest BCUT2D eigenvalue weighted by molar-refractivity contribution is 7.92. The molecule has 4 rings (SSSR count). The number of hydrogen-bond acceptors (Lipinski definition) is 8. The van der Waals surface area contributed by atoms with E-state index in [2.05, 4.69) is 15.5 Å². The number of fused-ring (bicyclic) bond motifs is 1.